The lowest BCUT2D eigenvalue weighted by Gasteiger charge is -2.18. The molecule has 100 valence electrons. The van der Waals surface area contributed by atoms with E-state index in [1.807, 2.05) is 19.2 Å². The van der Waals surface area contributed by atoms with Crippen LogP contribution in [0.1, 0.15) is 29.0 Å². The highest BCUT2D eigenvalue weighted by molar-refractivity contribution is 5.34. The van der Waals surface area contributed by atoms with Crippen molar-refractivity contribution in [2.45, 2.75) is 19.3 Å². The molecule has 1 nitrogen and oxygen atoms in total. The molecular weight excluding hydrogens is 237 g/mol. The summed E-state index contributed by atoms with van der Waals surface area (Å²) >= 11 is 0. The molecule has 2 rings (SSSR count). The van der Waals surface area contributed by atoms with Gasteiger partial charge in [0.25, 0.3) is 0 Å². The summed E-state index contributed by atoms with van der Waals surface area (Å²) in [5.41, 5.74) is 3.72. The Morgan fingerprint density at radius 2 is 1.79 bits per heavy atom. The van der Waals surface area contributed by atoms with Gasteiger partial charge in [0.2, 0.25) is 0 Å². The van der Waals surface area contributed by atoms with E-state index in [1.165, 1.54) is 28.8 Å². The first-order chi connectivity index (χ1) is 9.20. The maximum atomic E-state index is 13.1. The smallest absolute Gasteiger partial charge is 0.123 e. The van der Waals surface area contributed by atoms with Crippen molar-refractivity contribution in [2.24, 2.45) is 0 Å². The van der Waals surface area contributed by atoms with Crippen LogP contribution in [0, 0.1) is 12.7 Å². The lowest BCUT2D eigenvalue weighted by atomic mass is 9.88. The van der Waals surface area contributed by atoms with E-state index in [-0.39, 0.29) is 5.82 Å². The van der Waals surface area contributed by atoms with Gasteiger partial charge in [-0.2, -0.15) is 0 Å². The minimum absolute atomic E-state index is 0.180. The van der Waals surface area contributed by atoms with Crippen LogP contribution < -0.4 is 5.32 Å². The lowest BCUT2D eigenvalue weighted by molar-refractivity contribution is 0.622. The maximum Gasteiger partial charge on any atom is 0.123 e. The summed E-state index contributed by atoms with van der Waals surface area (Å²) in [5.74, 6) is 0.133. The highest BCUT2D eigenvalue weighted by atomic mass is 19.1. The normalized spacial score (nSPS) is 12.4. The molecular formula is C17H20FN. The molecule has 1 atom stereocenters. The van der Waals surface area contributed by atoms with Crippen molar-refractivity contribution in [3.05, 3.63) is 71.0 Å². The molecule has 0 radical (unpaired) electrons. The number of benzene rings is 2. The lowest BCUT2D eigenvalue weighted by Crippen LogP contribution is -2.13. The fourth-order valence-corrected chi connectivity index (χ4v) is 2.40. The fourth-order valence-electron chi connectivity index (χ4n) is 2.40. The van der Waals surface area contributed by atoms with E-state index in [4.69, 9.17) is 0 Å². The van der Waals surface area contributed by atoms with Gasteiger partial charge in [-0.25, -0.2) is 4.39 Å². The molecule has 0 bridgehead atoms. The Hall–Kier alpha value is -1.67. The molecule has 0 aromatic heterocycles. The highest BCUT2D eigenvalue weighted by Gasteiger charge is 2.13. The van der Waals surface area contributed by atoms with Crippen molar-refractivity contribution in [1.29, 1.82) is 0 Å². The van der Waals surface area contributed by atoms with E-state index in [0.717, 1.165) is 13.0 Å². The zero-order valence-electron chi connectivity index (χ0n) is 11.5. The monoisotopic (exact) mass is 257 g/mol. The molecule has 1 unspecified atom stereocenters. The van der Waals surface area contributed by atoms with E-state index in [1.54, 1.807) is 0 Å². The highest BCUT2D eigenvalue weighted by Crippen LogP contribution is 2.28. The third kappa shape index (κ3) is 3.65. The molecule has 0 fully saturated rings. The van der Waals surface area contributed by atoms with Crippen LogP contribution in [0.15, 0.2) is 48.5 Å². The Kier molecular flexibility index (Phi) is 4.69. The third-order valence-electron chi connectivity index (χ3n) is 3.40. The van der Waals surface area contributed by atoms with Crippen molar-refractivity contribution in [2.75, 3.05) is 13.6 Å². The van der Waals surface area contributed by atoms with Gasteiger partial charge >= 0.3 is 0 Å². The van der Waals surface area contributed by atoms with Crippen molar-refractivity contribution < 1.29 is 4.39 Å². The SMILES string of the molecule is CNCCC(c1ccc(F)cc1)c1cccc(C)c1. The first kappa shape index (κ1) is 13.8. The molecule has 0 aliphatic rings. The Morgan fingerprint density at radius 3 is 2.42 bits per heavy atom. The topological polar surface area (TPSA) is 12.0 Å². The van der Waals surface area contributed by atoms with Crippen LogP contribution in [0.5, 0.6) is 0 Å². The number of hydrogen-bond donors (Lipinski definition) is 1. The molecule has 19 heavy (non-hydrogen) atoms. The van der Waals surface area contributed by atoms with Gasteiger partial charge in [0.15, 0.2) is 0 Å². The Labute approximate surface area is 114 Å². The van der Waals surface area contributed by atoms with Gasteiger partial charge < -0.3 is 5.32 Å². The predicted molar refractivity (Wildman–Crippen MR) is 78.0 cm³/mol. The number of halogens is 1. The van der Waals surface area contributed by atoms with Crippen molar-refractivity contribution in [3.8, 4) is 0 Å². The van der Waals surface area contributed by atoms with Crippen LogP contribution in [0.3, 0.4) is 0 Å². The minimum Gasteiger partial charge on any atom is -0.320 e. The van der Waals surface area contributed by atoms with E-state index < -0.39 is 0 Å². The van der Waals surface area contributed by atoms with Crippen molar-refractivity contribution in [1.82, 2.24) is 5.32 Å². The predicted octanol–water partition coefficient (Wildman–Crippen LogP) is 3.88. The quantitative estimate of drug-likeness (QED) is 0.857. The van der Waals surface area contributed by atoms with Crippen LogP contribution in [0.4, 0.5) is 4.39 Å². The van der Waals surface area contributed by atoms with Gasteiger partial charge in [-0.3, -0.25) is 0 Å². The molecule has 0 aliphatic heterocycles. The Morgan fingerprint density at radius 1 is 1.05 bits per heavy atom. The molecule has 0 aliphatic carbocycles. The van der Waals surface area contributed by atoms with Gasteiger partial charge in [0, 0.05) is 5.92 Å². The average Bonchev–Trinajstić information content (AvgIpc) is 2.41. The van der Waals surface area contributed by atoms with Gasteiger partial charge in [0.05, 0.1) is 0 Å². The van der Waals surface area contributed by atoms with Gasteiger partial charge in [-0.05, 0) is 50.2 Å². The van der Waals surface area contributed by atoms with E-state index in [2.05, 4.69) is 36.5 Å². The van der Waals surface area contributed by atoms with Crippen LogP contribution in [-0.4, -0.2) is 13.6 Å². The first-order valence-electron chi connectivity index (χ1n) is 6.67. The van der Waals surface area contributed by atoms with Crippen LogP contribution in [0.2, 0.25) is 0 Å². The van der Waals surface area contributed by atoms with Gasteiger partial charge in [0.1, 0.15) is 5.82 Å². The number of nitrogens with one attached hydrogen (secondary N) is 1. The molecule has 2 heteroatoms. The molecule has 2 aromatic carbocycles. The number of hydrogen-bond acceptors (Lipinski definition) is 1. The summed E-state index contributed by atoms with van der Waals surface area (Å²) in [7, 11) is 1.96. The maximum absolute atomic E-state index is 13.1. The standard InChI is InChI=1S/C17H20FN/c1-13-4-3-5-15(12-13)17(10-11-19-2)14-6-8-16(18)9-7-14/h3-9,12,17,19H,10-11H2,1-2H3. The molecule has 0 heterocycles. The van der Waals surface area contributed by atoms with Crippen molar-refractivity contribution >= 4 is 0 Å². The Balaban J connectivity index is 2.32. The van der Waals surface area contributed by atoms with Crippen LogP contribution in [-0.2, 0) is 0 Å². The van der Waals surface area contributed by atoms with Gasteiger partial charge in [-0.15, -0.1) is 0 Å². The molecule has 2 aromatic rings. The second-order valence-corrected chi connectivity index (χ2v) is 4.91. The van der Waals surface area contributed by atoms with Crippen LogP contribution >= 0.6 is 0 Å². The summed E-state index contributed by atoms with van der Waals surface area (Å²) in [6.45, 7) is 3.04. The van der Waals surface area contributed by atoms with Crippen LogP contribution in [0.25, 0.3) is 0 Å². The number of rotatable bonds is 5. The average molecular weight is 257 g/mol. The van der Waals surface area contributed by atoms with E-state index in [0.29, 0.717) is 5.92 Å². The second kappa shape index (κ2) is 6.48. The second-order valence-electron chi connectivity index (χ2n) is 4.91. The minimum atomic E-state index is -0.180. The molecule has 0 spiro atoms. The fraction of sp³-hybridized carbons (Fsp3) is 0.294. The first-order valence-corrected chi connectivity index (χ1v) is 6.67. The zero-order valence-corrected chi connectivity index (χ0v) is 11.5. The van der Waals surface area contributed by atoms with E-state index in [9.17, 15) is 4.39 Å². The Bertz CT molecular complexity index is 519. The largest absolute Gasteiger partial charge is 0.320 e. The summed E-state index contributed by atoms with van der Waals surface area (Å²) in [5, 5.41) is 3.19. The zero-order chi connectivity index (χ0) is 13.7. The summed E-state index contributed by atoms with van der Waals surface area (Å²) in [6.07, 6.45) is 1.01. The molecule has 0 saturated carbocycles. The third-order valence-corrected chi connectivity index (χ3v) is 3.40. The molecule has 0 saturated heterocycles. The molecule has 1 N–H and O–H groups in total. The van der Waals surface area contributed by atoms with E-state index >= 15 is 0 Å². The summed E-state index contributed by atoms with van der Waals surface area (Å²) in [4.78, 5) is 0. The van der Waals surface area contributed by atoms with Gasteiger partial charge in [-0.1, -0.05) is 42.0 Å². The number of aryl methyl sites for hydroxylation is 1. The summed E-state index contributed by atoms with van der Waals surface area (Å²) in [6, 6.07) is 15.4. The summed E-state index contributed by atoms with van der Waals surface area (Å²) < 4.78 is 13.1. The molecule has 0 amide bonds. The van der Waals surface area contributed by atoms with Crippen molar-refractivity contribution in [3.63, 3.8) is 0 Å².